The highest BCUT2D eigenvalue weighted by atomic mass is 16.5. The number of aliphatic imine (C=N–C) groups is 1. The lowest BCUT2D eigenvalue weighted by atomic mass is 9.78. The molecule has 4 rings (SSSR count). The molecule has 0 aliphatic heterocycles. The monoisotopic (exact) mass is 509 g/mol. The summed E-state index contributed by atoms with van der Waals surface area (Å²) in [7, 11) is 0. The number of nitrogens with two attached hydrogens (primary N) is 1. The number of amidine groups is 1. The molecule has 0 heterocycles. The number of benzene rings is 4. The second-order valence-electron chi connectivity index (χ2n) is 9.38. The summed E-state index contributed by atoms with van der Waals surface area (Å²) in [5, 5.41) is 20.1. The van der Waals surface area contributed by atoms with E-state index >= 15 is 0 Å². The Kier molecular flexibility index (Phi) is 7.97. The Morgan fingerprint density at radius 3 is 1.79 bits per heavy atom. The van der Waals surface area contributed by atoms with Gasteiger partial charge in [0, 0.05) is 11.0 Å². The second-order valence-corrected chi connectivity index (χ2v) is 9.38. The molecule has 194 valence electrons. The number of nitrogens with zero attached hydrogens (tertiary/aromatic N) is 1. The van der Waals surface area contributed by atoms with Crippen LogP contribution in [-0.2, 0) is 18.6 Å². The SMILES string of the molecule is CC(C)(c1ccc(O)cc1)c1ccc(OCc2cccc(COc3ccc(/C(N)=N\C(=O)[O-])cc3)c2)cc1. The minimum absolute atomic E-state index is 0.125. The van der Waals surface area contributed by atoms with E-state index in [1.807, 2.05) is 48.5 Å². The Labute approximate surface area is 221 Å². The molecule has 7 heteroatoms. The predicted molar refractivity (Wildman–Crippen MR) is 144 cm³/mol. The summed E-state index contributed by atoms with van der Waals surface area (Å²) in [4.78, 5) is 13.7. The quantitative estimate of drug-likeness (QED) is 0.244. The molecule has 0 saturated heterocycles. The predicted octanol–water partition coefficient (Wildman–Crippen LogP) is 4.92. The average Bonchev–Trinajstić information content (AvgIpc) is 2.91. The number of ether oxygens (including phenoxy) is 2. The maximum absolute atomic E-state index is 10.6. The minimum atomic E-state index is -1.58. The molecule has 7 nitrogen and oxygen atoms in total. The number of hydrogen-bond donors (Lipinski definition) is 2. The van der Waals surface area contributed by atoms with Gasteiger partial charge in [-0.15, -0.1) is 0 Å². The molecule has 0 bridgehead atoms. The van der Waals surface area contributed by atoms with Crippen molar-refractivity contribution in [1.82, 2.24) is 0 Å². The van der Waals surface area contributed by atoms with Crippen LogP contribution in [0.15, 0.2) is 102 Å². The van der Waals surface area contributed by atoms with Crippen molar-refractivity contribution in [3.05, 3.63) is 125 Å². The van der Waals surface area contributed by atoms with Crippen LogP contribution in [-0.4, -0.2) is 17.0 Å². The Hall–Kier alpha value is -4.78. The van der Waals surface area contributed by atoms with Crippen molar-refractivity contribution in [3.8, 4) is 17.2 Å². The Morgan fingerprint density at radius 2 is 1.29 bits per heavy atom. The van der Waals surface area contributed by atoms with Crippen molar-refractivity contribution in [3.63, 3.8) is 0 Å². The summed E-state index contributed by atoms with van der Waals surface area (Å²) in [6.07, 6.45) is -1.58. The molecule has 0 unspecified atom stereocenters. The largest absolute Gasteiger partial charge is 0.528 e. The number of carbonyl (C=O) groups is 1. The fraction of sp³-hybridized carbons (Fsp3) is 0.161. The molecule has 38 heavy (non-hydrogen) atoms. The molecular formula is C31H29N2O5-. The van der Waals surface area contributed by atoms with Crippen LogP contribution in [0.5, 0.6) is 17.2 Å². The van der Waals surface area contributed by atoms with E-state index in [0.717, 1.165) is 28.0 Å². The second kappa shape index (κ2) is 11.5. The number of phenolic OH excluding ortho intramolecular Hbond substituents is 1. The zero-order valence-electron chi connectivity index (χ0n) is 21.3. The lowest BCUT2D eigenvalue weighted by Crippen LogP contribution is -2.23. The Balaban J connectivity index is 1.33. The standard InChI is InChI=1S/C31H30N2O5/c1-31(2,24-8-12-26(34)13-9-24)25-10-16-28(17-11-25)38-20-22-5-3-4-21(18-22)19-37-27-14-6-23(7-15-27)29(32)33-30(35)36/h3-18,34H,19-20H2,1-2H3,(H2,32,33)(H,35,36)/p-1. The van der Waals surface area contributed by atoms with Crippen molar-refractivity contribution in [1.29, 1.82) is 0 Å². The van der Waals surface area contributed by atoms with E-state index in [1.165, 1.54) is 0 Å². The molecule has 0 saturated carbocycles. The number of phenols is 1. The summed E-state index contributed by atoms with van der Waals surface area (Å²) >= 11 is 0. The highest BCUT2D eigenvalue weighted by Crippen LogP contribution is 2.33. The average molecular weight is 510 g/mol. The number of rotatable bonds is 9. The molecular weight excluding hydrogens is 480 g/mol. The van der Waals surface area contributed by atoms with Crippen molar-refractivity contribution < 1.29 is 24.5 Å². The van der Waals surface area contributed by atoms with Gasteiger partial charge in [0.15, 0.2) is 6.09 Å². The third kappa shape index (κ3) is 6.70. The lowest BCUT2D eigenvalue weighted by molar-refractivity contribution is -0.245. The molecule has 0 spiro atoms. The highest BCUT2D eigenvalue weighted by Gasteiger charge is 2.23. The van der Waals surface area contributed by atoms with Gasteiger partial charge in [-0.3, -0.25) is 0 Å². The van der Waals surface area contributed by atoms with Crippen molar-refractivity contribution >= 4 is 11.9 Å². The van der Waals surface area contributed by atoms with Gasteiger partial charge in [-0.2, -0.15) is 0 Å². The summed E-state index contributed by atoms with van der Waals surface area (Å²) in [6.45, 7) is 5.08. The van der Waals surface area contributed by atoms with Crippen LogP contribution in [0.4, 0.5) is 4.79 Å². The van der Waals surface area contributed by atoms with Gasteiger partial charge in [-0.25, -0.2) is 4.99 Å². The fourth-order valence-electron chi connectivity index (χ4n) is 4.04. The topological polar surface area (TPSA) is 117 Å². The first-order chi connectivity index (χ1) is 18.2. The number of carbonyl (C=O) groups excluding carboxylic acids is 1. The molecule has 0 atom stereocenters. The molecule has 3 N–H and O–H groups in total. The van der Waals surface area contributed by atoms with Gasteiger partial charge in [0.05, 0.1) is 0 Å². The van der Waals surface area contributed by atoms with Gasteiger partial charge < -0.3 is 30.2 Å². The molecule has 1 amide bonds. The highest BCUT2D eigenvalue weighted by molar-refractivity contribution is 6.02. The van der Waals surface area contributed by atoms with E-state index in [2.05, 4.69) is 31.0 Å². The summed E-state index contributed by atoms with van der Waals surface area (Å²) in [5.74, 6) is 1.53. The Bertz CT molecular complexity index is 1410. The van der Waals surface area contributed by atoms with E-state index in [0.29, 0.717) is 24.5 Å². The summed E-state index contributed by atoms with van der Waals surface area (Å²) in [6, 6.07) is 30.0. The maximum atomic E-state index is 10.6. The third-order valence-corrected chi connectivity index (χ3v) is 6.33. The first-order valence-electron chi connectivity index (χ1n) is 12.1. The van der Waals surface area contributed by atoms with Gasteiger partial charge in [0.1, 0.15) is 36.3 Å². The van der Waals surface area contributed by atoms with Gasteiger partial charge in [-0.05, 0) is 76.9 Å². The normalized spacial score (nSPS) is 11.7. The molecule has 0 fully saturated rings. The minimum Gasteiger partial charge on any atom is -0.528 e. The van der Waals surface area contributed by atoms with E-state index < -0.39 is 6.09 Å². The molecule has 0 aliphatic rings. The molecule has 4 aromatic carbocycles. The smallest absolute Gasteiger partial charge is 0.164 e. The number of carboxylic acid groups (broad SMARTS) is 1. The zero-order valence-corrected chi connectivity index (χ0v) is 21.3. The zero-order chi connectivity index (χ0) is 27.1. The van der Waals surface area contributed by atoms with E-state index in [1.54, 1.807) is 36.4 Å². The van der Waals surface area contributed by atoms with Crippen LogP contribution in [0.3, 0.4) is 0 Å². The van der Waals surface area contributed by atoms with Crippen LogP contribution in [0.1, 0.15) is 41.7 Å². The van der Waals surface area contributed by atoms with Gasteiger partial charge in [0.2, 0.25) is 0 Å². The van der Waals surface area contributed by atoms with Crippen molar-refractivity contribution in [2.24, 2.45) is 10.7 Å². The molecule has 0 aliphatic carbocycles. The molecule has 0 radical (unpaired) electrons. The van der Waals surface area contributed by atoms with Crippen LogP contribution in [0.25, 0.3) is 0 Å². The van der Waals surface area contributed by atoms with Crippen LogP contribution >= 0.6 is 0 Å². The van der Waals surface area contributed by atoms with Crippen molar-refractivity contribution in [2.45, 2.75) is 32.5 Å². The number of aromatic hydroxyl groups is 1. The first-order valence-corrected chi connectivity index (χ1v) is 12.1. The van der Waals surface area contributed by atoms with Gasteiger partial charge in [-0.1, -0.05) is 56.3 Å². The molecule has 4 aromatic rings. The van der Waals surface area contributed by atoms with Gasteiger partial charge in [0.25, 0.3) is 0 Å². The fourth-order valence-corrected chi connectivity index (χ4v) is 4.04. The lowest BCUT2D eigenvalue weighted by Gasteiger charge is -2.26. The van der Waals surface area contributed by atoms with Crippen LogP contribution < -0.4 is 20.3 Å². The Morgan fingerprint density at radius 1 is 0.816 bits per heavy atom. The maximum Gasteiger partial charge on any atom is 0.164 e. The van der Waals surface area contributed by atoms with E-state index in [4.69, 9.17) is 15.2 Å². The van der Waals surface area contributed by atoms with Crippen LogP contribution in [0.2, 0.25) is 0 Å². The first kappa shape index (κ1) is 26.3. The summed E-state index contributed by atoms with van der Waals surface area (Å²) < 4.78 is 11.9. The summed E-state index contributed by atoms with van der Waals surface area (Å²) in [5.41, 5.74) is 10.1. The third-order valence-electron chi connectivity index (χ3n) is 6.33. The molecule has 0 aromatic heterocycles. The van der Waals surface area contributed by atoms with E-state index in [9.17, 15) is 15.0 Å². The van der Waals surface area contributed by atoms with Gasteiger partial charge >= 0.3 is 0 Å². The van der Waals surface area contributed by atoms with E-state index in [-0.39, 0.29) is 17.0 Å². The van der Waals surface area contributed by atoms with Crippen molar-refractivity contribution in [2.75, 3.05) is 0 Å². The van der Waals surface area contributed by atoms with Crippen LogP contribution in [0, 0.1) is 0 Å². The number of amides is 1. The number of hydrogen-bond acceptors (Lipinski definition) is 5.